The standard InChI is InChI=1S/C10H13NO2S/c1-13-10(12)8-6-11-5-7(8)9-3-2-4-14-9/h2-4,7-8,11H,5-6H2,1H3/t7-,8+/m1/s1. The molecule has 2 atom stereocenters. The van der Waals surface area contributed by atoms with Crippen LogP contribution in [0.5, 0.6) is 0 Å². The molecule has 2 heterocycles. The van der Waals surface area contributed by atoms with Gasteiger partial charge in [0.25, 0.3) is 0 Å². The fourth-order valence-electron chi connectivity index (χ4n) is 1.88. The summed E-state index contributed by atoms with van der Waals surface area (Å²) in [6, 6.07) is 4.10. The minimum absolute atomic E-state index is 0.0151. The highest BCUT2D eigenvalue weighted by atomic mass is 32.1. The zero-order valence-electron chi connectivity index (χ0n) is 8.03. The second kappa shape index (κ2) is 4.11. The Hall–Kier alpha value is -0.870. The fourth-order valence-corrected chi connectivity index (χ4v) is 2.77. The Morgan fingerprint density at radius 3 is 3.14 bits per heavy atom. The van der Waals surface area contributed by atoms with Crippen LogP contribution in [0.1, 0.15) is 10.8 Å². The summed E-state index contributed by atoms with van der Waals surface area (Å²) in [6.45, 7) is 1.61. The molecule has 0 aliphatic carbocycles. The number of methoxy groups -OCH3 is 1. The minimum atomic E-state index is -0.103. The Balaban J connectivity index is 2.15. The quantitative estimate of drug-likeness (QED) is 0.748. The van der Waals surface area contributed by atoms with Crippen molar-refractivity contribution in [1.82, 2.24) is 5.32 Å². The molecule has 0 bridgehead atoms. The van der Waals surface area contributed by atoms with E-state index < -0.39 is 0 Å². The van der Waals surface area contributed by atoms with Crippen LogP contribution < -0.4 is 5.32 Å². The molecule has 76 valence electrons. The van der Waals surface area contributed by atoms with Gasteiger partial charge in [-0.05, 0) is 11.4 Å². The Kier molecular flexibility index (Phi) is 2.84. The maximum absolute atomic E-state index is 11.5. The first-order valence-electron chi connectivity index (χ1n) is 4.65. The van der Waals surface area contributed by atoms with Gasteiger partial charge in [-0.25, -0.2) is 0 Å². The molecule has 0 unspecified atom stereocenters. The van der Waals surface area contributed by atoms with E-state index >= 15 is 0 Å². The molecule has 14 heavy (non-hydrogen) atoms. The van der Waals surface area contributed by atoms with Crippen molar-refractivity contribution in [1.29, 1.82) is 0 Å². The van der Waals surface area contributed by atoms with E-state index in [9.17, 15) is 4.79 Å². The van der Waals surface area contributed by atoms with Crippen molar-refractivity contribution in [2.45, 2.75) is 5.92 Å². The summed E-state index contributed by atoms with van der Waals surface area (Å²) < 4.78 is 4.79. The number of carbonyl (C=O) groups excluding carboxylic acids is 1. The van der Waals surface area contributed by atoms with E-state index in [1.807, 2.05) is 11.4 Å². The van der Waals surface area contributed by atoms with Crippen LogP contribution in [0, 0.1) is 5.92 Å². The van der Waals surface area contributed by atoms with Crippen molar-refractivity contribution < 1.29 is 9.53 Å². The fraction of sp³-hybridized carbons (Fsp3) is 0.500. The van der Waals surface area contributed by atoms with Crippen molar-refractivity contribution >= 4 is 17.3 Å². The van der Waals surface area contributed by atoms with Gasteiger partial charge in [0, 0.05) is 23.9 Å². The molecule has 0 saturated carbocycles. The average Bonchev–Trinajstić information content (AvgIpc) is 2.85. The maximum Gasteiger partial charge on any atom is 0.310 e. The Morgan fingerprint density at radius 2 is 2.50 bits per heavy atom. The molecular formula is C10H13NO2S. The van der Waals surface area contributed by atoms with Crippen molar-refractivity contribution in [3.63, 3.8) is 0 Å². The third kappa shape index (κ3) is 1.67. The van der Waals surface area contributed by atoms with Gasteiger partial charge in [-0.3, -0.25) is 4.79 Å². The number of hydrogen-bond donors (Lipinski definition) is 1. The second-order valence-corrected chi connectivity index (χ2v) is 4.39. The summed E-state index contributed by atoms with van der Waals surface area (Å²) >= 11 is 1.70. The Labute approximate surface area is 87.1 Å². The molecule has 3 nitrogen and oxygen atoms in total. The summed E-state index contributed by atoms with van der Waals surface area (Å²) in [5.41, 5.74) is 0. The molecule has 0 aromatic carbocycles. The van der Waals surface area contributed by atoms with Crippen LogP contribution in [-0.2, 0) is 9.53 Å². The SMILES string of the molecule is COC(=O)[C@H]1CNC[C@H]1c1cccs1. The van der Waals surface area contributed by atoms with Crippen LogP contribution in [0.2, 0.25) is 0 Å². The normalized spacial score (nSPS) is 26.4. The van der Waals surface area contributed by atoms with E-state index in [1.165, 1.54) is 12.0 Å². The molecule has 1 aromatic rings. The van der Waals surface area contributed by atoms with E-state index in [0.717, 1.165) is 13.1 Å². The molecule has 0 radical (unpaired) electrons. The van der Waals surface area contributed by atoms with Crippen molar-refractivity contribution in [2.75, 3.05) is 20.2 Å². The second-order valence-electron chi connectivity index (χ2n) is 3.41. The van der Waals surface area contributed by atoms with Crippen molar-refractivity contribution in [3.05, 3.63) is 22.4 Å². The molecule has 1 aliphatic heterocycles. The third-order valence-corrected chi connectivity index (χ3v) is 3.63. The molecule has 1 N–H and O–H groups in total. The molecule has 1 aromatic heterocycles. The van der Waals surface area contributed by atoms with Gasteiger partial charge >= 0.3 is 5.97 Å². The third-order valence-electron chi connectivity index (χ3n) is 2.63. The molecule has 0 spiro atoms. The van der Waals surface area contributed by atoms with Crippen LogP contribution in [0.4, 0.5) is 0 Å². The van der Waals surface area contributed by atoms with Gasteiger partial charge in [0.1, 0.15) is 0 Å². The smallest absolute Gasteiger partial charge is 0.310 e. The Bertz CT molecular complexity index is 310. The number of carbonyl (C=O) groups is 1. The highest BCUT2D eigenvalue weighted by molar-refractivity contribution is 7.10. The van der Waals surface area contributed by atoms with Gasteiger partial charge in [-0.1, -0.05) is 6.07 Å². The average molecular weight is 211 g/mol. The lowest BCUT2D eigenvalue weighted by Crippen LogP contribution is -2.22. The number of esters is 1. The molecule has 0 amide bonds. The van der Waals surface area contributed by atoms with Crippen LogP contribution in [0.15, 0.2) is 17.5 Å². The van der Waals surface area contributed by atoms with Gasteiger partial charge in [-0.15, -0.1) is 11.3 Å². The van der Waals surface area contributed by atoms with Crippen LogP contribution in [0.3, 0.4) is 0 Å². The van der Waals surface area contributed by atoms with E-state index in [0.29, 0.717) is 5.92 Å². The molecular weight excluding hydrogens is 198 g/mol. The first kappa shape index (κ1) is 9.68. The predicted molar refractivity (Wildman–Crippen MR) is 55.4 cm³/mol. The lowest BCUT2D eigenvalue weighted by molar-refractivity contribution is -0.145. The number of ether oxygens (including phenoxy) is 1. The van der Waals surface area contributed by atoms with Crippen LogP contribution >= 0.6 is 11.3 Å². The zero-order chi connectivity index (χ0) is 9.97. The highest BCUT2D eigenvalue weighted by Gasteiger charge is 2.35. The van der Waals surface area contributed by atoms with Crippen molar-refractivity contribution in [2.24, 2.45) is 5.92 Å². The summed E-state index contributed by atoms with van der Waals surface area (Å²) in [4.78, 5) is 12.7. The lowest BCUT2D eigenvalue weighted by Gasteiger charge is -2.14. The van der Waals surface area contributed by atoms with Gasteiger partial charge in [0.15, 0.2) is 0 Å². The number of nitrogens with one attached hydrogen (secondary N) is 1. The van der Waals surface area contributed by atoms with Crippen molar-refractivity contribution in [3.8, 4) is 0 Å². The van der Waals surface area contributed by atoms with Gasteiger partial charge in [0.05, 0.1) is 13.0 Å². The zero-order valence-corrected chi connectivity index (χ0v) is 8.84. The minimum Gasteiger partial charge on any atom is -0.469 e. The summed E-state index contributed by atoms with van der Waals surface area (Å²) in [5.74, 6) is 0.175. The monoisotopic (exact) mass is 211 g/mol. The largest absolute Gasteiger partial charge is 0.469 e. The molecule has 1 saturated heterocycles. The number of thiophene rings is 1. The Morgan fingerprint density at radius 1 is 1.64 bits per heavy atom. The van der Waals surface area contributed by atoms with Gasteiger partial charge in [0.2, 0.25) is 0 Å². The number of rotatable bonds is 2. The van der Waals surface area contributed by atoms with Crippen LogP contribution in [0.25, 0.3) is 0 Å². The first-order chi connectivity index (χ1) is 6.83. The maximum atomic E-state index is 11.5. The van der Waals surface area contributed by atoms with Gasteiger partial charge in [-0.2, -0.15) is 0 Å². The highest BCUT2D eigenvalue weighted by Crippen LogP contribution is 2.31. The molecule has 1 aliphatic rings. The first-order valence-corrected chi connectivity index (χ1v) is 5.53. The molecule has 1 fully saturated rings. The van der Waals surface area contributed by atoms with E-state index in [2.05, 4.69) is 11.4 Å². The summed E-state index contributed by atoms with van der Waals surface area (Å²) in [7, 11) is 1.45. The summed E-state index contributed by atoms with van der Waals surface area (Å²) in [5, 5.41) is 5.28. The van der Waals surface area contributed by atoms with E-state index in [-0.39, 0.29) is 11.9 Å². The lowest BCUT2D eigenvalue weighted by atomic mass is 9.95. The topological polar surface area (TPSA) is 38.3 Å². The molecule has 2 rings (SSSR count). The van der Waals surface area contributed by atoms with Crippen LogP contribution in [-0.4, -0.2) is 26.2 Å². The predicted octanol–water partition coefficient (Wildman–Crippen LogP) is 1.22. The van der Waals surface area contributed by atoms with Gasteiger partial charge < -0.3 is 10.1 Å². The number of hydrogen-bond acceptors (Lipinski definition) is 4. The van der Waals surface area contributed by atoms with E-state index in [4.69, 9.17) is 4.74 Å². The van der Waals surface area contributed by atoms with E-state index in [1.54, 1.807) is 11.3 Å². The molecule has 4 heteroatoms. The summed E-state index contributed by atoms with van der Waals surface area (Å²) in [6.07, 6.45) is 0.